The number of hydrogen-bond acceptors (Lipinski definition) is 4. The predicted octanol–water partition coefficient (Wildman–Crippen LogP) is -0.180. The number of hydrogen-bond donors (Lipinski definition) is 3. The van der Waals surface area contributed by atoms with Gasteiger partial charge in [0.1, 0.15) is 0 Å². The minimum Gasteiger partial charge on any atom is -0.364 e. The highest BCUT2D eigenvalue weighted by molar-refractivity contribution is 5.94. The zero-order chi connectivity index (χ0) is 13.4. The van der Waals surface area contributed by atoms with Crippen LogP contribution in [0.3, 0.4) is 0 Å². The van der Waals surface area contributed by atoms with E-state index in [1.807, 2.05) is 10.9 Å². The first kappa shape index (κ1) is 11.9. The zero-order valence-electron chi connectivity index (χ0n) is 10.5. The quantitative estimate of drug-likeness (QED) is 0.707. The van der Waals surface area contributed by atoms with Crippen LogP contribution in [0.1, 0.15) is 28.0 Å². The minimum atomic E-state index is -0.481. The van der Waals surface area contributed by atoms with Crippen LogP contribution in [0.4, 0.5) is 0 Å². The molecule has 0 aliphatic heterocycles. The van der Waals surface area contributed by atoms with Crippen molar-refractivity contribution in [2.24, 2.45) is 11.5 Å². The average Bonchev–Trinajstić information content (AvgIpc) is 2.99. The number of carbonyl (C=O) groups excluding carboxylic acids is 1. The Morgan fingerprint density at radius 3 is 3.05 bits per heavy atom. The molecule has 1 aliphatic carbocycles. The number of carbonyl (C=O) groups is 1. The van der Waals surface area contributed by atoms with Gasteiger partial charge in [0.25, 0.3) is 5.91 Å². The lowest BCUT2D eigenvalue weighted by atomic mass is 9.94. The fourth-order valence-corrected chi connectivity index (χ4v) is 2.58. The van der Waals surface area contributed by atoms with Gasteiger partial charge in [-0.2, -0.15) is 10.2 Å². The van der Waals surface area contributed by atoms with E-state index < -0.39 is 5.91 Å². The normalized spacial score (nSPS) is 13.1. The van der Waals surface area contributed by atoms with E-state index in [-0.39, 0.29) is 0 Å². The van der Waals surface area contributed by atoms with E-state index in [0.717, 1.165) is 41.8 Å². The topological polar surface area (TPSA) is 116 Å². The van der Waals surface area contributed by atoms with Crippen molar-refractivity contribution in [2.45, 2.75) is 25.8 Å². The molecule has 1 aliphatic rings. The van der Waals surface area contributed by atoms with Gasteiger partial charge in [0.15, 0.2) is 5.69 Å². The lowest BCUT2D eigenvalue weighted by Crippen LogP contribution is -2.15. The summed E-state index contributed by atoms with van der Waals surface area (Å²) in [6.45, 7) is 1.25. The lowest BCUT2D eigenvalue weighted by Gasteiger charge is -2.14. The van der Waals surface area contributed by atoms with Gasteiger partial charge in [0, 0.05) is 12.1 Å². The molecule has 0 spiro atoms. The molecule has 5 N–H and O–H groups in total. The molecule has 0 fully saturated rings. The summed E-state index contributed by atoms with van der Waals surface area (Å²) in [5.74, 6) is -0.481. The average molecular weight is 260 g/mol. The van der Waals surface area contributed by atoms with Crippen molar-refractivity contribution < 1.29 is 4.79 Å². The second-order valence-corrected chi connectivity index (χ2v) is 4.68. The van der Waals surface area contributed by atoms with E-state index in [1.54, 1.807) is 0 Å². The summed E-state index contributed by atoms with van der Waals surface area (Å²) in [6, 6.07) is 0. The third-order valence-corrected chi connectivity index (χ3v) is 3.46. The Kier molecular flexibility index (Phi) is 2.83. The molecule has 0 unspecified atom stereocenters. The molecule has 0 radical (unpaired) electrons. The summed E-state index contributed by atoms with van der Waals surface area (Å²) in [6.07, 6.45) is 4.24. The largest absolute Gasteiger partial charge is 0.364 e. The third-order valence-electron chi connectivity index (χ3n) is 3.46. The van der Waals surface area contributed by atoms with Crippen LogP contribution in [0.15, 0.2) is 6.20 Å². The van der Waals surface area contributed by atoms with E-state index in [2.05, 4.69) is 15.3 Å². The van der Waals surface area contributed by atoms with E-state index in [4.69, 9.17) is 11.5 Å². The molecule has 0 bridgehead atoms. The van der Waals surface area contributed by atoms with Gasteiger partial charge >= 0.3 is 0 Å². The van der Waals surface area contributed by atoms with Crippen molar-refractivity contribution >= 4 is 5.91 Å². The van der Waals surface area contributed by atoms with Crippen LogP contribution in [0.5, 0.6) is 0 Å². The van der Waals surface area contributed by atoms with Crippen LogP contribution in [0.2, 0.25) is 0 Å². The van der Waals surface area contributed by atoms with Crippen molar-refractivity contribution in [1.29, 1.82) is 0 Å². The number of aryl methyl sites for hydroxylation is 2. The molecule has 7 heteroatoms. The number of nitrogens with zero attached hydrogens (tertiary/aromatic N) is 3. The Bertz CT molecular complexity index is 626. The van der Waals surface area contributed by atoms with Crippen LogP contribution in [-0.4, -0.2) is 32.4 Å². The number of amides is 1. The summed E-state index contributed by atoms with van der Waals surface area (Å²) in [5, 5.41) is 11.4. The van der Waals surface area contributed by atoms with Gasteiger partial charge in [0.2, 0.25) is 0 Å². The molecule has 0 saturated carbocycles. The SMILES string of the molecule is NCCCn1nc(C(N)=O)c2c1-c1[nH]ncc1CC2. The monoisotopic (exact) mass is 260 g/mol. The second-order valence-electron chi connectivity index (χ2n) is 4.68. The highest BCUT2D eigenvalue weighted by Gasteiger charge is 2.28. The number of nitrogens with one attached hydrogen (secondary N) is 1. The van der Waals surface area contributed by atoms with E-state index >= 15 is 0 Å². The summed E-state index contributed by atoms with van der Waals surface area (Å²) >= 11 is 0. The molecule has 100 valence electrons. The second kappa shape index (κ2) is 4.51. The Morgan fingerprint density at radius 2 is 2.32 bits per heavy atom. The Labute approximate surface area is 110 Å². The lowest BCUT2D eigenvalue weighted by molar-refractivity contribution is 0.0994. The Morgan fingerprint density at radius 1 is 1.47 bits per heavy atom. The fourth-order valence-electron chi connectivity index (χ4n) is 2.58. The number of aromatic nitrogens is 4. The van der Waals surface area contributed by atoms with E-state index in [9.17, 15) is 4.79 Å². The third kappa shape index (κ3) is 1.82. The van der Waals surface area contributed by atoms with Crippen molar-refractivity contribution in [3.05, 3.63) is 23.0 Å². The maximum Gasteiger partial charge on any atom is 0.269 e. The molecule has 2 aromatic heterocycles. The molecule has 7 nitrogen and oxygen atoms in total. The predicted molar refractivity (Wildman–Crippen MR) is 69.4 cm³/mol. The van der Waals surface area contributed by atoms with Gasteiger partial charge in [-0.3, -0.25) is 14.6 Å². The minimum absolute atomic E-state index is 0.368. The maximum atomic E-state index is 11.5. The van der Waals surface area contributed by atoms with Gasteiger partial charge in [-0.15, -0.1) is 0 Å². The van der Waals surface area contributed by atoms with Crippen LogP contribution < -0.4 is 11.5 Å². The van der Waals surface area contributed by atoms with E-state index in [0.29, 0.717) is 18.8 Å². The molecule has 19 heavy (non-hydrogen) atoms. The number of rotatable bonds is 4. The summed E-state index contributed by atoms with van der Waals surface area (Å²) in [4.78, 5) is 11.5. The molecule has 1 amide bonds. The van der Waals surface area contributed by atoms with Gasteiger partial charge in [-0.25, -0.2) is 0 Å². The van der Waals surface area contributed by atoms with Gasteiger partial charge in [-0.05, 0) is 31.4 Å². The first-order chi connectivity index (χ1) is 9.22. The Hall–Kier alpha value is -2.15. The van der Waals surface area contributed by atoms with Crippen molar-refractivity contribution in [3.8, 4) is 11.4 Å². The molecule has 0 aromatic carbocycles. The summed E-state index contributed by atoms with van der Waals surface area (Å²) in [5.41, 5.74) is 15.3. The molecule has 3 rings (SSSR count). The summed E-state index contributed by atoms with van der Waals surface area (Å²) < 4.78 is 1.82. The number of nitrogens with two attached hydrogens (primary N) is 2. The van der Waals surface area contributed by atoms with Crippen molar-refractivity contribution in [2.75, 3.05) is 6.54 Å². The fraction of sp³-hybridized carbons (Fsp3) is 0.417. The molecule has 2 heterocycles. The van der Waals surface area contributed by atoms with Crippen molar-refractivity contribution in [3.63, 3.8) is 0 Å². The van der Waals surface area contributed by atoms with Gasteiger partial charge in [-0.1, -0.05) is 0 Å². The number of fused-ring (bicyclic) bond motifs is 3. The van der Waals surface area contributed by atoms with Gasteiger partial charge in [0.05, 0.1) is 17.6 Å². The molecule has 2 aromatic rings. The van der Waals surface area contributed by atoms with Crippen LogP contribution in [0.25, 0.3) is 11.4 Å². The smallest absolute Gasteiger partial charge is 0.269 e. The molecular formula is C12H16N6O. The number of aromatic amines is 1. The Balaban J connectivity index is 2.15. The molecular weight excluding hydrogens is 244 g/mol. The molecule has 0 saturated heterocycles. The van der Waals surface area contributed by atoms with Crippen LogP contribution >= 0.6 is 0 Å². The standard InChI is InChI=1S/C12H16N6O/c13-4-1-5-18-11-8(10(17-18)12(14)19)3-2-7-6-15-16-9(7)11/h6H,1-5,13H2,(H2,14,19)(H,15,16). The van der Waals surface area contributed by atoms with Crippen LogP contribution in [0, 0.1) is 0 Å². The van der Waals surface area contributed by atoms with Crippen LogP contribution in [-0.2, 0) is 19.4 Å². The first-order valence-corrected chi connectivity index (χ1v) is 6.34. The summed E-state index contributed by atoms with van der Waals surface area (Å²) in [7, 11) is 0. The van der Waals surface area contributed by atoms with E-state index in [1.165, 1.54) is 0 Å². The molecule has 0 atom stereocenters. The number of H-pyrrole nitrogens is 1. The van der Waals surface area contributed by atoms with Gasteiger partial charge < -0.3 is 11.5 Å². The maximum absolute atomic E-state index is 11.5. The number of primary amides is 1. The van der Waals surface area contributed by atoms with Crippen molar-refractivity contribution in [1.82, 2.24) is 20.0 Å². The highest BCUT2D eigenvalue weighted by Crippen LogP contribution is 2.33. The first-order valence-electron chi connectivity index (χ1n) is 6.34. The zero-order valence-corrected chi connectivity index (χ0v) is 10.5. The highest BCUT2D eigenvalue weighted by atomic mass is 16.1.